The molecule has 6 nitrogen and oxygen atoms in total. The molecule has 0 atom stereocenters. The number of hydrogen-bond donors (Lipinski definition) is 2. The highest BCUT2D eigenvalue weighted by atomic mass is 32.2. The Morgan fingerprint density at radius 2 is 2.11 bits per heavy atom. The molecule has 3 N–H and O–H groups in total. The first-order valence-electron chi connectivity index (χ1n) is 5.73. The minimum atomic E-state index is -3.55. The third-order valence-electron chi connectivity index (χ3n) is 2.70. The van der Waals surface area contributed by atoms with E-state index in [1.807, 2.05) is 0 Å². The minimum Gasteiger partial charge on any atom is -0.399 e. The summed E-state index contributed by atoms with van der Waals surface area (Å²) in [6, 6.07) is 6.47. The standard InChI is InChI=1S/C12H16N4O2S/c1-9-7-10(13)3-4-12(9)19(17,18)14-8-11-5-6-16(2)15-11/h3-7,14H,8,13H2,1-2H3. The Morgan fingerprint density at radius 1 is 1.37 bits per heavy atom. The van der Waals surface area contributed by atoms with Gasteiger partial charge in [0.1, 0.15) is 0 Å². The summed E-state index contributed by atoms with van der Waals surface area (Å²) in [5, 5.41) is 4.11. The second kappa shape index (κ2) is 5.02. The van der Waals surface area contributed by atoms with Gasteiger partial charge in [0, 0.05) is 18.9 Å². The van der Waals surface area contributed by atoms with Crippen molar-refractivity contribution in [1.82, 2.24) is 14.5 Å². The summed E-state index contributed by atoms with van der Waals surface area (Å²) in [6.07, 6.45) is 1.76. The molecule has 0 aliphatic rings. The third-order valence-corrected chi connectivity index (χ3v) is 4.26. The lowest BCUT2D eigenvalue weighted by atomic mass is 10.2. The molecule has 1 aromatic carbocycles. The van der Waals surface area contributed by atoms with Gasteiger partial charge in [-0.05, 0) is 36.8 Å². The molecule has 0 fully saturated rings. The highest BCUT2D eigenvalue weighted by Gasteiger charge is 2.16. The second-order valence-electron chi connectivity index (χ2n) is 4.33. The quantitative estimate of drug-likeness (QED) is 0.810. The number of rotatable bonds is 4. The molecule has 0 saturated carbocycles. The summed E-state index contributed by atoms with van der Waals surface area (Å²) >= 11 is 0. The van der Waals surface area contributed by atoms with Crippen LogP contribution in [0.2, 0.25) is 0 Å². The van der Waals surface area contributed by atoms with E-state index < -0.39 is 10.0 Å². The van der Waals surface area contributed by atoms with E-state index in [1.165, 1.54) is 6.07 Å². The zero-order valence-corrected chi connectivity index (χ0v) is 11.6. The minimum absolute atomic E-state index is 0.160. The van der Waals surface area contributed by atoms with Gasteiger partial charge in [0.15, 0.2) is 0 Å². The maximum absolute atomic E-state index is 12.2. The number of aryl methyl sites for hydroxylation is 2. The summed E-state index contributed by atoms with van der Waals surface area (Å²) in [5.74, 6) is 0. The van der Waals surface area contributed by atoms with Crippen LogP contribution in [0.4, 0.5) is 5.69 Å². The molecule has 0 spiro atoms. The Labute approximate surface area is 112 Å². The highest BCUT2D eigenvalue weighted by Crippen LogP contribution is 2.17. The van der Waals surface area contributed by atoms with Gasteiger partial charge in [0.25, 0.3) is 0 Å². The largest absolute Gasteiger partial charge is 0.399 e. The lowest BCUT2D eigenvalue weighted by molar-refractivity contribution is 0.579. The molecular formula is C12H16N4O2S. The third kappa shape index (κ3) is 3.12. The maximum atomic E-state index is 12.2. The molecule has 0 unspecified atom stereocenters. The highest BCUT2D eigenvalue weighted by molar-refractivity contribution is 7.89. The van der Waals surface area contributed by atoms with Gasteiger partial charge in [-0.1, -0.05) is 0 Å². The van der Waals surface area contributed by atoms with Gasteiger partial charge in [0.2, 0.25) is 10.0 Å². The molecule has 1 aromatic heterocycles. The average Bonchev–Trinajstić information content (AvgIpc) is 2.72. The molecule has 0 aliphatic heterocycles. The van der Waals surface area contributed by atoms with Crippen LogP contribution >= 0.6 is 0 Å². The van der Waals surface area contributed by atoms with Crippen LogP contribution in [0.15, 0.2) is 35.4 Å². The summed E-state index contributed by atoms with van der Waals surface area (Å²) in [6.45, 7) is 1.87. The zero-order chi connectivity index (χ0) is 14.0. The van der Waals surface area contributed by atoms with Crippen LogP contribution in [0.3, 0.4) is 0 Å². The molecule has 7 heteroatoms. The predicted octanol–water partition coefficient (Wildman–Crippen LogP) is 0.789. The first-order valence-corrected chi connectivity index (χ1v) is 7.21. The topological polar surface area (TPSA) is 90.0 Å². The van der Waals surface area contributed by atoms with Crippen molar-refractivity contribution in [2.75, 3.05) is 5.73 Å². The molecule has 0 amide bonds. The number of nitrogen functional groups attached to an aromatic ring is 1. The van der Waals surface area contributed by atoms with Crippen molar-refractivity contribution in [3.05, 3.63) is 41.7 Å². The van der Waals surface area contributed by atoms with Gasteiger partial charge in [-0.2, -0.15) is 5.10 Å². The Morgan fingerprint density at radius 3 is 2.68 bits per heavy atom. The number of sulfonamides is 1. The van der Waals surface area contributed by atoms with Crippen LogP contribution in [0.5, 0.6) is 0 Å². The van der Waals surface area contributed by atoms with Crippen molar-refractivity contribution >= 4 is 15.7 Å². The molecule has 19 heavy (non-hydrogen) atoms. The van der Waals surface area contributed by atoms with Crippen molar-refractivity contribution in [2.24, 2.45) is 7.05 Å². The van der Waals surface area contributed by atoms with E-state index in [1.54, 1.807) is 43.0 Å². The van der Waals surface area contributed by atoms with Crippen molar-refractivity contribution in [1.29, 1.82) is 0 Å². The van der Waals surface area contributed by atoms with Gasteiger partial charge in [-0.3, -0.25) is 4.68 Å². The molecule has 1 heterocycles. The Balaban J connectivity index is 2.18. The fourth-order valence-corrected chi connectivity index (χ4v) is 3.00. The van der Waals surface area contributed by atoms with Crippen LogP contribution < -0.4 is 10.5 Å². The van der Waals surface area contributed by atoms with Crippen LogP contribution in [0.1, 0.15) is 11.3 Å². The van der Waals surface area contributed by atoms with Crippen LogP contribution in [-0.4, -0.2) is 18.2 Å². The van der Waals surface area contributed by atoms with Crippen LogP contribution in [-0.2, 0) is 23.6 Å². The summed E-state index contributed by atoms with van der Waals surface area (Å²) in [5.41, 5.74) is 7.44. The maximum Gasteiger partial charge on any atom is 0.241 e. The van der Waals surface area contributed by atoms with E-state index >= 15 is 0 Å². The molecule has 0 radical (unpaired) electrons. The normalized spacial score (nSPS) is 11.7. The summed E-state index contributed by atoms with van der Waals surface area (Å²) in [7, 11) is -1.77. The molecule has 0 saturated heterocycles. The van der Waals surface area contributed by atoms with E-state index in [4.69, 9.17) is 5.73 Å². The number of aromatic nitrogens is 2. The van der Waals surface area contributed by atoms with E-state index in [-0.39, 0.29) is 11.4 Å². The Bertz CT molecular complexity index is 692. The second-order valence-corrected chi connectivity index (χ2v) is 6.07. The fraction of sp³-hybridized carbons (Fsp3) is 0.250. The number of nitrogens with one attached hydrogen (secondary N) is 1. The smallest absolute Gasteiger partial charge is 0.241 e. The lowest BCUT2D eigenvalue weighted by Gasteiger charge is -2.08. The number of hydrogen-bond acceptors (Lipinski definition) is 4. The first kappa shape index (κ1) is 13.6. The number of benzene rings is 1. The Kier molecular flexibility index (Phi) is 3.59. The van der Waals surface area contributed by atoms with E-state index in [0.29, 0.717) is 16.9 Å². The predicted molar refractivity (Wildman–Crippen MR) is 72.8 cm³/mol. The van der Waals surface area contributed by atoms with E-state index in [2.05, 4.69) is 9.82 Å². The molecule has 2 rings (SSSR count). The lowest BCUT2D eigenvalue weighted by Crippen LogP contribution is -2.24. The van der Waals surface area contributed by atoms with Gasteiger partial charge < -0.3 is 5.73 Å². The molecule has 2 aromatic rings. The van der Waals surface area contributed by atoms with Gasteiger partial charge in [-0.15, -0.1) is 0 Å². The monoisotopic (exact) mass is 280 g/mol. The van der Waals surface area contributed by atoms with Gasteiger partial charge in [0.05, 0.1) is 17.1 Å². The number of anilines is 1. The number of nitrogens with two attached hydrogens (primary N) is 1. The zero-order valence-electron chi connectivity index (χ0n) is 10.8. The summed E-state index contributed by atoms with van der Waals surface area (Å²) < 4.78 is 28.5. The van der Waals surface area contributed by atoms with Crippen molar-refractivity contribution in [2.45, 2.75) is 18.4 Å². The molecule has 102 valence electrons. The van der Waals surface area contributed by atoms with Crippen molar-refractivity contribution in [3.8, 4) is 0 Å². The molecular weight excluding hydrogens is 264 g/mol. The summed E-state index contributed by atoms with van der Waals surface area (Å²) in [4.78, 5) is 0.234. The van der Waals surface area contributed by atoms with E-state index in [9.17, 15) is 8.42 Å². The van der Waals surface area contributed by atoms with Crippen molar-refractivity contribution in [3.63, 3.8) is 0 Å². The van der Waals surface area contributed by atoms with Crippen LogP contribution in [0, 0.1) is 6.92 Å². The Hall–Kier alpha value is -1.86. The number of nitrogens with zero attached hydrogens (tertiary/aromatic N) is 2. The average molecular weight is 280 g/mol. The van der Waals surface area contributed by atoms with Crippen LogP contribution in [0.25, 0.3) is 0 Å². The molecule has 0 aliphatic carbocycles. The first-order chi connectivity index (χ1) is 8.88. The fourth-order valence-electron chi connectivity index (χ4n) is 1.78. The van der Waals surface area contributed by atoms with Crippen molar-refractivity contribution < 1.29 is 8.42 Å². The molecule has 0 bridgehead atoms. The van der Waals surface area contributed by atoms with E-state index in [0.717, 1.165) is 0 Å². The SMILES string of the molecule is Cc1cc(N)ccc1S(=O)(=O)NCc1ccn(C)n1. The van der Waals surface area contributed by atoms with Gasteiger partial charge in [-0.25, -0.2) is 13.1 Å². The van der Waals surface area contributed by atoms with Gasteiger partial charge >= 0.3 is 0 Å².